The molecule has 2 heterocycles. The van der Waals surface area contributed by atoms with Crippen LogP contribution >= 0.6 is 0 Å². The van der Waals surface area contributed by atoms with Crippen LogP contribution in [0.2, 0.25) is 0 Å². The molecule has 10 heteroatoms. The van der Waals surface area contributed by atoms with E-state index < -0.39 is 16.0 Å². The van der Waals surface area contributed by atoms with Crippen molar-refractivity contribution in [3.05, 3.63) is 66.9 Å². The van der Waals surface area contributed by atoms with E-state index in [0.29, 0.717) is 28.0 Å². The van der Waals surface area contributed by atoms with Crippen LogP contribution in [0.15, 0.2) is 61.1 Å². The molecule has 0 amide bonds. The molecule has 0 bridgehead atoms. The van der Waals surface area contributed by atoms with E-state index in [1.807, 2.05) is 24.3 Å². The third-order valence-corrected chi connectivity index (χ3v) is 6.18. The summed E-state index contributed by atoms with van der Waals surface area (Å²) in [5.74, 6) is -0.332. The fraction of sp³-hybridized carbons (Fsp3) is 0.0952. The summed E-state index contributed by atoms with van der Waals surface area (Å²) in [5.41, 5.74) is 9.22. The number of fused-ring (bicyclic) bond motifs is 1. The molecular formula is C21H19FN6O2S. The molecule has 0 aliphatic carbocycles. The van der Waals surface area contributed by atoms with Crippen LogP contribution in [0, 0.1) is 5.82 Å². The van der Waals surface area contributed by atoms with Gasteiger partial charge in [0.1, 0.15) is 18.0 Å². The van der Waals surface area contributed by atoms with Crippen LogP contribution in [0.25, 0.3) is 33.3 Å². The molecule has 0 saturated carbocycles. The number of benzene rings is 2. The zero-order chi connectivity index (χ0) is 22.2. The van der Waals surface area contributed by atoms with Gasteiger partial charge in [-0.25, -0.2) is 14.4 Å². The molecule has 31 heavy (non-hydrogen) atoms. The van der Waals surface area contributed by atoms with Crippen molar-refractivity contribution in [1.29, 1.82) is 0 Å². The number of halogens is 1. The molecule has 2 aromatic heterocycles. The second kappa shape index (κ2) is 7.89. The standard InChI is InChI=1S/C21H19FN6O2S/c1-28(2)31(29,30)27-19-11-14(5-7-17(19)22)20-15(4-3-9-24-20)13-6-8-18-16(10-13)21(23)26-12-25-18/h3-12,27H,1-2H3,(H2,23,25,26). The Bertz CT molecular complexity index is 1390. The predicted octanol–water partition coefficient (Wildman–Crippen LogP) is 3.30. The van der Waals surface area contributed by atoms with Gasteiger partial charge in [-0.1, -0.05) is 12.1 Å². The first-order valence-corrected chi connectivity index (χ1v) is 10.7. The number of rotatable bonds is 5. The molecule has 0 atom stereocenters. The fourth-order valence-corrected chi connectivity index (χ4v) is 3.71. The number of nitrogens with two attached hydrogens (primary N) is 1. The number of nitrogens with one attached hydrogen (secondary N) is 1. The molecule has 0 radical (unpaired) electrons. The SMILES string of the molecule is CN(C)S(=O)(=O)Nc1cc(-c2ncccc2-c2ccc3ncnc(N)c3c2)ccc1F. The molecule has 0 fully saturated rings. The van der Waals surface area contributed by atoms with E-state index in [4.69, 9.17) is 5.73 Å². The Morgan fingerprint density at radius 1 is 1.00 bits per heavy atom. The molecule has 0 saturated heterocycles. The van der Waals surface area contributed by atoms with Crippen molar-refractivity contribution in [1.82, 2.24) is 19.3 Å². The highest BCUT2D eigenvalue weighted by atomic mass is 32.2. The molecule has 0 aliphatic rings. The zero-order valence-corrected chi connectivity index (χ0v) is 17.6. The van der Waals surface area contributed by atoms with Crippen LogP contribution in [0.1, 0.15) is 0 Å². The fourth-order valence-electron chi connectivity index (χ4n) is 3.09. The zero-order valence-electron chi connectivity index (χ0n) is 16.7. The summed E-state index contributed by atoms with van der Waals surface area (Å²) in [6, 6.07) is 13.4. The lowest BCUT2D eigenvalue weighted by molar-refractivity contribution is 0.526. The molecule has 8 nitrogen and oxygen atoms in total. The third-order valence-electron chi connectivity index (χ3n) is 4.74. The third kappa shape index (κ3) is 4.03. The van der Waals surface area contributed by atoms with Crippen LogP contribution in [-0.2, 0) is 10.2 Å². The number of nitrogens with zero attached hydrogens (tertiary/aromatic N) is 4. The van der Waals surface area contributed by atoms with Gasteiger partial charge in [0.25, 0.3) is 0 Å². The Morgan fingerprint density at radius 3 is 2.55 bits per heavy atom. The lowest BCUT2D eigenvalue weighted by Crippen LogP contribution is -2.29. The average molecular weight is 438 g/mol. The first kappa shape index (κ1) is 20.6. The van der Waals surface area contributed by atoms with Crippen molar-refractivity contribution in [2.45, 2.75) is 0 Å². The van der Waals surface area contributed by atoms with Crippen molar-refractivity contribution < 1.29 is 12.8 Å². The van der Waals surface area contributed by atoms with Crippen LogP contribution in [0.4, 0.5) is 15.9 Å². The second-order valence-electron chi connectivity index (χ2n) is 6.97. The maximum Gasteiger partial charge on any atom is 0.301 e. The van der Waals surface area contributed by atoms with E-state index in [-0.39, 0.29) is 5.69 Å². The lowest BCUT2D eigenvalue weighted by atomic mass is 9.98. The van der Waals surface area contributed by atoms with E-state index in [9.17, 15) is 12.8 Å². The Morgan fingerprint density at radius 2 is 1.77 bits per heavy atom. The average Bonchev–Trinajstić information content (AvgIpc) is 2.75. The Kier molecular flexibility index (Phi) is 5.25. The molecule has 2 aromatic carbocycles. The van der Waals surface area contributed by atoms with Gasteiger partial charge < -0.3 is 5.73 Å². The van der Waals surface area contributed by atoms with Gasteiger partial charge in [0, 0.05) is 36.8 Å². The summed E-state index contributed by atoms with van der Waals surface area (Å²) < 4.78 is 41.8. The van der Waals surface area contributed by atoms with Gasteiger partial charge in [0.2, 0.25) is 0 Å². The first-order chi connectivity index (χ1) is 14.8. The van der Waals surface area contributed by atoms with Crippen LogP contribution < -0.4 is 10.5 Å². The quantitative estimate of drug-likeness (QED) is 0.494. The van der Waals surface area contributed by atoms with Gasteiger partial charge in [-0.3, -0.25) is 9.71 Å². The van der Waals surface area contributed by atoms with Gasteiger partial charge in [0.05, 0.1) is 16.9 Å². The highest BCUT2D eigenvalue weighted by molar-refractivity contribution is 7.90. The summed E-state index contributed by atoms with van der Waals surface area (Å²) in [6.07, 6.45) is 3.02. The summed E-state index contributed by atoms with van der Waals surface area (Å²) in [6.45, 7) is 0. The molecule has 4 aromatic rings. The second-order valence-corrected chi connectivity index (χ2v) is 8.86. The summed E-state index contributed by atoms with van der Waals surface area (Å²) >= 11 is 0. The maximum absolute atomic E-state index is 14.3. The summed E-state index contributed by atoms with van der Waals surface area (Å²) in [4.78, 5) is 12.7. The predicted molar refractivity (Wildman–Crippen MR) is 119 cm³/mol. The minimum absolute atomic E-state index is 0.168. The number of anilines is 2. The van der Waals surface area contributed by atoms with Crippen molar-refractivity contribution in [3.63, 3.8) is 0 Å². The van der Waals surface area contributed by atoms with Crippen molar-refractivity contribution in [2.75, 3.05) is 24.6 Å². The van der Waals surface area contributed by atoms with E-state index in [0.717, 1.165) is 15.4 Å². The van der Waals surface area contributed by atoms with Crippen molar-refractivity contribution in [2.24, 2.45) is 0 Å². The normalized spacial score (nSPS) is 11.7. The van der Waals surface area contributed by atoms with Crippen LogP contribution in [0.3, 0.4) is 0 Å². The van der Waals surface area contributed by atoms with E-state index >= 15 is 0 Å². The van der Waals surface area contributed by atoms with Crippen LogP contribution in [-0.4, -0.2) is 41.8 Å². The molecule has 0 unspecified atom stereocenters. The van der Waals surface area contributed by atoms with Gasteiger partial charge in [-0.2, -0.15) is 12.7 Å². The molecule has 0 spiro atoms. The number of hydrogen-bond donors (Lipinski definition) is 2. The highest BCUT2D eigenvalue weighted by Gasteiger charge is 2.18. The molecule has 4 rings (SSSR count). The Hall–Kier alpha value is -3.63. The molecule has 3 N–H and O–H groups in total. The summed E-state index contributed by atoms with van der Waals surface area (Å²) in [5, 5.41) is 0.702. The van der Waals surface area contributed by atoms with E-state index in [2.05, 4.69) is 19.7 Å². The van der Waals surface area contributed by atoms with Crippen LogP contribution in [0.5, 0.6) is 0 Å². The number of aromatic nitrogens is 3. The minimum Gasteiger partial charge on any atom is -0.383 e. The van der Waals surface area contributed by atoms with Crippen molar-refractivity contribution in [3.8, 4) is 22.4 Å². The molecule has 158 valence electrons. The highest BCUT2D eigenvalue weighted by Crippen LogP contribution is 2.34. The van der Waals surface area contributed by atoms with Crippen molar-refractivity contribution >= 4 is 32.6 Å². The molecule has 0 aliphatic heterocycles. The van der Waals surface area contributed by atoms with Gasteiger partial charge in [-0.05, 0) is 42.0 Å². The first-order valence-electron chi connectivity index (χ1n) is 9.22. The number of pyridine rings is 1. The monoisotopic (exact) mass is 438 g/mol. The maximum atomic E-state index is 14.3. The van der Waals surface area contributed by atoms with Gasteiger partial charge in [-0.15, -0.1) is 0 Å². The summed E-state index contributed by atoms with van der Waals surface area (Å²) in [7, 11) is -1.15. The number of hydrogen-bond acceptors (Lipinski definition) is 6. The van der Waals surface area contributed by atoms with Gasteiger partial charge >= 0.3 is 10.2 Å². The lowest BCUT2D eigenvalue weighted by Gasteiger charge is -2.15. The largest absolute Gasteiger partial charge is 0.383 e. The Labute approximate surface area is 178 Å². The smallest absolute Gasteiger partial charge is 0.301 e. The number of nitrogen functional groups attached to an aromatic ring is 1. The van der Waals surface area contributed by atoms with E-state index in [1.165, 1.54) is 32.6 Å². The molecular weight excluding hydrogens is 419 g/mol. The topological polar surface area (TPSA) is 114 Å². The minimum atomic E-state index is -3.87. The van der Waals surface area contributed by atoms with Gasteiger partial charge in [0.15, 0.2) is 0 Å². The Balaban J connectivity index is 1.83. The van der Waals surface area contributed by atoms with E-state index in [1.54, 1.807) is 18.3 Å².